The molecule has 1 heterocycles. The van der Waals surface area contributed by atoms with E-state index in [0.29, 0.717) is 25.4 Å². The maximum absolute atomic E-state index is 11.2. The fraction of sp³-hybridized carbons (Fsp3) is 0.400. The molecule has 2 aromatic rings. The summed E-state index contributed by atoms with van der Waals surface area (Å²) in [4.78, 5) is 15.6. The summed E-state index contributed by atoms with van der Waals surface area (Å²) in [5, 5.41) is 8.89. The van der Waals surface area contributed by atoms with E-state index in [1.165, 1.54) is 0 Å². The molecule has 5 nitrogen and oxygen atoms in total. The number of ether oxygens (including phenoxy) is 1. The standard InChI is InChI=1S/C15H17N3O2/c1-3-20-12-4-5-14-13(10-12)17-15(6-8-16)18(14)9-7-11(2)19/h4-5,10H,3,6-7,9H2,1-2H3. The van der Waals surface area contributed by atoms with Gasteiger partial charge in [-0.3, -0.25) is 4.79 Å². The number of aromatic nitrogens is 2. The number of carbonyl (C=O) groups excluding carboxylic acids is 1. The molecule has 0 bridgehead atoms. The SMILES string of the molecule is CCOc1ccc2c(c1)nc(CC#N)n2CCC(C)=O. The number of fused-ring (bicyclic) bond motifs is 1. The largest absolute Gasteiger partial charge is 0.494 e. The summed E-state index contributed by atoms with van der Waals surface area (Å²) in [5.41, 5.74) is 1.73. The summed E-state index contributed by atoms with van der Waals surface area (Å²) in [5.74, 6) is 1.58. The van der Waals surface area contributed by atoms with Gasteiger partial charge in [0.1, 0.15) is 17.4 Å². The van der Waals surface area contributed by atoms with Crippen LogP contribution in [0.3, 0.4) is 0 Å². The lowest BCUT2D eigenvalue weighted by Gasteiger charge is -2.06. The number of carbonyl (C=O) groups is 1. The van der Waals surface area contributed by atoms with Crippen LogP contribution >= 0.6 is 0 Å². The third kappa shape index (κ3) is 2.97. The van der Waals surface area contributed by atoms with Crippen molar-refractivity contribution < 1.29 is 9.53 Å². The summed E-state index contributed by atoms with van der Waals surface area (Å²) < 4.78 is 7.39. The lowest BCUT2D eigenvalue weighted by atomic mass is 10.2. The third-order valence-electron chi connectivity index (χ3n) is 3.03. The van der Waals surface area contributed by atoms with Crippen LogP contribution in [0.5, 0.6) is 5.75 Å². The van der Waals surface area contributed by atoms with E-state index in [1.807, 2.05) is 29.7 Å². The molecule has 0 aliphatic heterocycles. The van der Waals surface area contributed by atoms with Gasteiger partial charge in [-0.05, 0) is 26.0 Å². The Hall–Kier alpha value is -2.35. The summed E-state index contributed by atoms with van der Waals surface area (Å²) in [6.07, 6.45) is 0.674. The minimum Gasteiger partial charge on any atom is -0.494 e. The van der Waals surface area contributed by atoms with E-state index in [9.17, 15) is 4.79 Å². The summed E-state index contributed by atoms with van der Waals surface area (Å²) >= 11 is 0. The van der Waals surface area contributed by atoms with Gasteiger partial charge in [0.25, 0.3) is 0 Å². The van der Waals surface area contributed by atoms with Gasteiger partial charge in [-0.1, -0.05) is 0 Å². The molecule has 20 heavy (non-hydrogen) atoms. The molecule has 0 unspecified atom stereocenters. The number of rotatable bonds is 6. The Morgan fingerprint density at radius 3 is 2.95 bits per heavy atom. The highest BCUT2D eigenvalue weighted by Gasteiger charge is 2.11. The maximum Gasteiger partial charge on any atom is 0.131 e. The molecule has 0 aliphatic carbocycles. The smallest absolute Gasteiger partial charge is 0.131 e. The van der Waals surface area contributed by atoms with Crippen LogP contribution in [0, 0.1) is 11.3 Å². The Morgan fingerprint density at radius 2 is 2.30 bits per heavy atom. The number of Topliss-reactive ketones (excluding diaryl/α,β-unsaturated/α-hetero) is 1. The van der Waals surface area contributed by atoms with Crippen LogP contribution in [0.4, 0.5) is 0 Å². The van der Waals surface area contributed by atoms with Gasteiger partial charge < -0.3 is 9.30 Å². The van der Waals surface area contributed by atoms with E-state index in [4.69, 9.17) is 10.00 Å². The van der Waals surface area contributed by atoms with Crippen molar-refractivity contribution in [3.8, 4) is 11.8 Å². The van der Waals surface area contributed by atoms with Gasteiger partial charge in [0.15, 0.2) is 0 Å². The van der Waals surface area contributed by atoms with Crippen molar-refractivity contribution in [2.45, 2.75) is 33.2 Å². The molecule has 0 saturated heterocycles. The second-order valence-corrected chi connectivity index (χ2v) is 4.55. The average Bonchev–Trinajstić information content (AvgIpc) is 2.74. The number of aryl methyl sites for hydroxylation is 1. The number of benzene rings is 1. The average molecular weight is 271 g/mol. The zero-order valence-electron chi connectivity index (χ0n) is 11.7. The quantitative estimate of drug-likeness (QED) is 0.809. The van der Waals surface area contributed by atoms with E-state index in [2.05, 4.69) is 11.1 Å². The fourth-order valence-corrected chi connectivity index (χ4v) is 2.14. The fourth-order valence-electron chi connectivity index (χ4n) is 2.14. The first-order valence-corrected chi connectivity index (χ1v) is 6.64. The molecule has 0 N–H and O–H groups in total. The number of nitrogens with zero attached hydrogens (tertiary/aromatic N) is 3. The topological polar surface area (TPSA) is 67.9 Å². The summed E-state index contributed by atoms with van der Waals surface area (Å²) in [7, 11) is 0. The lowest BCUT2D eigenvalue weighted by molar-refractivity contribution is -0.117. The second kappa shape index (κ2) is 6.20. The molecule has 0 amide bonds. The van der Waals surface area contributed by atoms with E-state index in [1.54, 1.807) is 6.92 Å². The molecule has 0 fully saturated rings. The van der Waals surface area contributed by atoms with Gasteiger partial charge in [-0.15, -0.1) is 0 Å². The zero-order valence-corrected chi connectivity index (χ0v) is 11.7. The normalized spacial score (nSPS) is 10.4. The monoisotopic (exact) mass is 271 g/mol. The van der Waals surface area contributed by atoms with Gasteiger partial charge in [0.05, 0.1) is 30.1 Å². The molecule has 5 heteroatoms. The van der Waals surface area contributed by atoms with Crippen LogP contribution in [-0.4, -0.2) is 21.9 Å². The Morgan fingerprint density at radius 1 is 1.50 bits per heavy atom. The molecule has 2 rings (SSSR count). The van der Waals surface area contributed by atoms with Crippen molar-refractivity contribution in [2.75, 3.05) is 6.61 Å². The zero-order chi connectivity index (χ0) is 14.5. The number of imidazole rings is 1. The molecule has 0 spiro atoms. The summed E-state index contributed by atoms with van der Waals surface area (Å²) in [6, 6.07) is 7.79. The molecule has 0 radical (unpaired) electrons. The third-order valence-corrected chi connectivity index (χ3v) is 3.03. The number of hydrogen-bond donors (Lipinski definition) is 0. The van der Waals surface area contributed by atoms with Gasteiger partial charge >= 0.3 is 0 Å². The molecule has 0 atom stereocenters. The Labute approximate surface area is 117 Å². The van der Waals surface area contributed by atoms with Crippen LogP contribution in [0.15, 0.2) is 18.2 Å². The highest BCUT2D eigenvalue weighted by atomic mass is 16.5. The van der Waals surface area contributed by atoms with Gasteiger partial charge in [0, 0.05) is 19.0 Å². The number of nitriles is 1. The van der Waals surface area contributed by atoms with Crippen LogP contribution < -0.4 is 4.74 Å². The molecule has 1 aromatic heterocycles. The predicted octanol–water partition coefficient (Wildman–Crippen LogP) is 2.48. The molecular formula is C15H17N3O2. The molecular weight excluding hydrogens is 254 g/mol. The van der Waals surface area contributed by atoms with Crippen molar-refractivity contribution >= 4 is 16.8 Å². The van der Waals surface area contributed by atoms with Gasteiger partial charge in [0.2, 0.25) is 0 Å². The Kier molecular flexibility index (Phi) is 4.36. The minimum atomic E-state index is 0.126. The van der Waals surface area contributed by atoms with Crippen LogP contribution in [0.1, 0.15) is 26.1 Å². The van der Waals surface area contributed by atoms with E-state index >= 15 is 0 Å². The first-order chi connectivity index (χ1) is 9.65. The van der Waals surface area contributed by atoms with E-state index in [0.717, 1.165) is 16.8 Å². The molecule has 0 aliphatic rings. The first kappa shape index (κ1) is 14.1. The first-order valence-electron chi connectivity index (χ1n) is 6.64. The number of hydrogen-bond acceptors (Lipinski definition) is 4. The van der Waals surface area contributed by atoms with Crippen LogP contribution in [-0.2, 0) is 17.8 Å². The van der Waals surface area contributed by atoms with Crippen molar-refractivity contribution in [3.05, 3.63) is 24.0 Å². The van der Waals surface area contributed by atoms with Crippen molar-refractivity contribution in [1.29, 1.82) is 5.26 Å². The van der Waals surface area contributed by atoms with Crippen LogP contribution in [0.2, 0.25) is 0 Å². The van der Waals surface area contributed by atoms with Gasteiger partial charge in [-0.25, -0.2) is 4.98 Å². The Bertz CT molecular complexity index is 668. The van der Waals surface area contributed by atoms with E-state index in [-0.39, 0.29) is 12.2 Å². The van der Waals surface area contributed by atoms with Crippen molar-refractivity contribution in [1.82, 2.24) is 9.55 Å². The molecule has 104 valence electrons. The van der Waals surface area contributed by atoms with Gasteiger partial charge in [-0.2, -0.15) is 5.26 Å². The summed E-state index contributed by atoms with van der Waals surface area (Å²) in [6.45, 7) is 4.64. The van der Waals surface area contributed by atoms with Crippen molar-refractivity contribution in [2.24, 2.45) is 0 Å². The van der Waals surface area contributed by atoms with E-state index < -0.39 is 0 Å². The highest BCUT2D eigenvalue weighted by Crippen LogP contribution is 2.22. The van der Waals surface area contributed by atoms with Crippen LogP contribution in [0.25, 0.3) is 11.0 Å². The maximum atomic E-state index is 11.2. The molecule has 1 aromatic carbocycles. The molecule has 0 saturated carbocycles. The second-order valence-electron chi connectivity index (χ2n) is 4.55. The highest BCUT2D eigenvalue weighted by molar-refractivity contribution is 5.79. The Balaban J connectivity index is 2.43. The lowest BCUT2D eigenvalue weighted by Crippen LogP contribution is -2.06. The number of ketones is 1. The predicted molar refractivity (Wildman–Crippen MR) is 75.5 cm³/mol. The van der Waals surface area contributed by atoms with Crippen molar-refractivity contribution in [3.63, 3.8) is 0 Å². The minimum absolute atomic E-state index is 0.126.